The van der Waals surface area contributed by atoms with E-state index in [1.807, 2.05) is 6.07 Å². The van der Waals surface area contributed by atoms with Crippen molar-refractivity contribution in [2.45, 2.75) is 12.3 Å². The largest absolute Gasteiger partial charge is 0.316 e. The first-order chi connectivity index (χ1) is 7.34. The van der Waals surface area contributed by atoms with E-state index in [9.17, 15) is 4.39 Å². The molecule has 0 bridgehead atoms. The van der Waals surface area contributed by atoms with Crippen LogP contribution in [0.25, 0.3) is 10.2 Å². The second-order valence-electron chi connectivity index (χ2n) is 3.83. The van der Waals surface area contributed by atoms with Crippen LogP contribution in [0, 0.1) is 5.82 Å². The number of nitrogens with zero attached hydrogens (tertiary/aromatic N) is 1. The summed E-state index contributed by atoms with van der Waals surface area (Å²) in [6.07, 6.45) is 1.11. The van der Waals surface area contributed by atoms with Crippen molar-refractivity contribution in [3.05, 3.63) is 29.0 Å². The number of hydrogen-bond donors (Lipinski definition) is 1. The Morgan fingerprint density at radius 3 is 3.13 bits per heavy atom. The number of halogens is 1. The molecule has 0 aliphatic carbocycles. The summed E-state index contributed by atoms with van der Waals surface area (Å²) in [7, 11) is 0. The van der Waals surface area contributed by atoms with E-state index in [2.05, 4.69) is 10.3 Å². The Labute approximate surface area is 91.1 Å². The van der Waals surface area contributed by atoms with Gasteiger partial charge in [0.25, 0.3) is 0 Å². The number of hydrogen-bond acceptors (Lipinski definition) is 3. The van der Waals surface area contributed by atoms with Gasteiger partial charge in [0, 0.05) is 12.5 Å². The van der Waals surface area contributed by atoms with Crippen molar-refractivity contribution in [2.24, 2.45) is 0 Å². The van der Waals surface area contributed by atoms with E-state index in [0.717, 1.165) is 29.2 Å². The molecular formula is C11H11FN2S. The minimum absolute atomic E-state index is 0.207. The van der Waals surface area contributed by atoms with Gasteiger partial charge in [0.15, 0.2) is 0 Å². The number of thiazole rings is 1. The van der Waals surface area contributed by atoms with E-state index >= 15 is 0 Å². The van der Waals surface area contributed by atoms with Gasteiger partial charge in [-0.3, -0.25) is 0 Å². The van der Waals surface area contributed by atoms with Crippen LogP contribution in [-0.4, -0.2) is 18.1 Å². The Morgan fingerprint density at radius 2 is 2.40 bits per heavy atom. The van der Waals surface area contributed by atoms with Crippen molar-refractivity contribution >= 4 is 21.6 Å². The van der Waals surface area contributed by atoms with Gasteiger partial charge >= 0.3 is 0 Å². The third-order valence-corrected chi connectivity index (χ3v) is 3.98. The van der Waals surface area contributed by atoms with Crippen LogP contribution in [0.4, 0.5) is 4.39 Å². The summed E-state index contributed by atoms with van der Waals surface area (Å²) in [4.78, 5) is 4.40. The Morgan fingerprint density at radius 1 is 1.47 bits per heavy atom. The first kappa shape index (κ1) is 9.24. The fourth-order valence-corrected chi connectivity index (χ4v) is 3.09. The van der Waals surface area contributed by atoms with Crippen LogP contribution in [0.15, 0.2) is 18.2 Å². The Hall–Kier alpha value is -1.00. The van der Waals surface area contributed by atoms with Crippen LogP contribution in [0.2, 0.25) is 0 Å². The number of fused-ring (bicyclic) bond motifs is 1. The van der Waals surface area contributed by atoms with Gasteiger partial charge in [-0.2, -0.15) is 0 Å². The summed E-state index contributed by atoms with van der Waals surface area (Å²) in [6, 6.07) is 5.15. The lowest BCUT2D eigenvalue weighted by atomic mass is 10.1. The first-order valence-electron chi connectivity index (χ1n) is 5.10. The molecule has 1 aliphatic heterocycles. The highest BCUT2D eigenvalue weighted by Gasteiger charge is 2.20. The normalized spacial score (nSPS) is 21.3. The van der Waals surface area contributed by atoms with Crippen LogP contribution in [-0.2, 0) is 0 Å². The number of aromatic nitrogens is 1. The van der Waals surface area contributed by atoms with E-state index in [-0.39, 0.29) is 5.82 Å². The lowest BCUT2D eigenvalue weighted by Crippen LogP contribution is -2.07. The van der Waals surface area contributed by atoms with Gasteiger partial charge in [0.2, 0.25) is 0 Å². The molecule has 1 aromatic heterocycles. The molecule has 1 atom stereocenters. The molecule has 4 heteroatoms. The average molecular weight is 222 g/mol. The fourth-order valence-electron chi connectivity index (χ4n) is 1.97. The Kier molecular flexibility index (Phi) is 2.18. The van der Waals surface area contributed by atoms with E-state index in [0.29, 0.717) is 11.4 Å². The molecule has 2 aromatic rings. The van der Waals surface area contributed by atoms with Crippen LogP contribution in [0.1, 0.15) is 17.3 Å². The zero-order valence-corrected chi connectivity index (χ0v) is 8.98. The molecule has 15 heavy (non-hydrogen) atoms. The van der Waals surface area contributed by atoms with Crippen molar-refractivity contribution in [1.29, 1.82) is 0 Å². The predicted molar refractivity (Wildman–Crippen MR) is 59.8 cm³/mol. The zero-order chi connectivity index (χ0) is 10.3. The molecule has 2 nitrogen and oxygen atoms in total. The zero-order valence-electron chi connectivity index (χ0n) is 8.16. The molecule has 1 fully saturated rings. The van der Waals surface area contributed by atoms with Gasteiger partial charge in [0.05, 0.1) is 9.71 Å². The maximum atomic E-state index is 13.4. The molecule has 78 valence electrons. The smallest absolute Gasteiger partial charge is 0.150 e. The lowest BCUT2D eigenvalue weighted by molar-refractivity contribution is 0.636. The van der Waals surface area contributed by atoms with E-state index in [1.165, 1.54) is 6.07 Å². The van der Waals surface area contributed by atoms with Crippen LogP contribution in [0.5, 0.6) is 0 Å². The average Bonchev–Trinajstić information content (AvgIpc) is 2.86. The third-order valence-electron chi connectivity index (χ3n) is 2.80. The van der Waals surface area contributed by atoms with E-state index < -0.39 is 0 Å². The Balaban J connectivity index is 2.09. The number of nitrogens with one attached hydrogen (secondary N) is 1. The molecular weight excluding hydrogens is 211 g/mol. The van der Waals surface area contributed by atoms with Crippen molar-refractivity contribution in [3.63, 3.8) is 0 Å². The fraction of sp³-hybridized carbons (Fsp3) is 0.364. The minimum atomic E-state index is -0.207. The standard InChI is InChI=1S/C11H11FN2S/c12-8-2-1-3-9-10(8)14-11(15-9)7-4-5-13-6-7/h1-3,7,13H,4-6H2. The minimum Gasteiger partial charge on any atom is -0.316 e. The van der Waals surface area contributed by atoms with Crippen LogP contribution < -0.4 is 5.32 Å². The Bertz CT molecular complexity index is 488. The maximum absolute atomic E-state index is 13.4. The maximum Gasteiger partial charge on any atom is 0.150 e. The highest BCUT2D eigenvalue weighted by molar-refractivity contribution is 7.18. The summed E-state index contributed by atoms with van der Waals surface area (Å²) < 4.78 is 14.4. The van der Waals surface area contributed by atoms with E-state index in [1.54, 1.807) is 17.4 Å². The molecule has 0 radical (unpaired) electrons. The summed E-state index contributed by atoms with van der Waals surface area (Å²) in [6.45, 7) is 2.02. The summed E-state index contributed by atoms with van der Waals surface area (Å²) in [5, 5.41) is 4.37. The third kappa shape index (κ3) is 1.54. The number of benzene rings is 1. The van der Waals surface area contributed by atoms with Crippen molar-refractivity contribution in [3.8, 4) is 0 Å². The number of rotatable bonds is 1. The van der Waals surface area contributed by atoms with Crippen molar-refractivity contribution in [1.82, 2.24) is 10.3 Å². The van der Waals surface area contributed by atoms with Gasteiger partial charge in [-0.25, -0.2) is 9.37 Å². The summed E-state index contributed by atoms with van der Waals surface area (Å²) in [5.41, 5.74) is 0.532. The van der Waals surface area contributed by atoms with Crippen molar-refractivity contribution < 1.29 is 4.39 Å². The molecule has 1 aromatic carbocycles. The lowest BCUT2D eigenvalue weighted by Gasteiger charge is -2.00. The van der Waals surface area contributed by atoms with Gasteiger partial charge in [-0.05, 0) is 25.1 Å². The highest BCUT2D eigenvalue weighted by atomic mass is 32.1. The SMILES string of the molecule is Fc1cccc2sc(C3CCNC3)nc12. The monoisotopic (exact) mass is 222 g/mol. The predicted octanol–water partition coefficient (Wildman–Crippen LogP) is 2.51. The molecule has 1 N–H and O–H groups in total. The topological polar surface area (TPSA) is 24.9 Å². The number of para-hydroxylation sites is 1. The molecule has 1 saturated heterocycles. The molecule has 3 rings (SSSR count). The summed E-state index contributed by atoms with van der Waals surface area (Å²) in [5.74, 6) is 0.266. The quantitative estimate of drug-likeness (QED) is 0.802. The highest BCUT2D eigenvalue weighted by Crippen LogP contribution is 2.31. The van der Waals surface area contributed by atoms with Gasteiger partial charge in [0.1, 0.15) is 11.3 Å². The second-order valence-corrected chi connectivity index (χ2v) is 4.89. The van der Waals surface area contributed by atoms with Gasteiger partial charge < -0.3 is 5.32 Å². The van der Waals surface area contributed by atoms with Crippen LogP contribution >= 0.6 is 11.3 Å². The molecule has 1 aliphatic rings. The van der Waals surface area contributed by atoms with Crippen molar-refractivity contribution in [2.75, 3.05) is 13.1 Å². The molecule has 0 saturated carbocycles. The molecule has 0 amide bonds. The van der Waals surface area contributed by atoms with Gasteiger partial charge in [-0.1, -0.05) is 6.07 Å². The first-order valence-corrected chi connectivity index (χ1v) is 5.92. The van der Waals surface area contributed by atoms with Gasteiger partial charge in [-0.15, -0.1) is 11.3 Å². The second kappa shape index (κ2) is 3.54. The molecule has 0 spiro atoms. The van der Waals surface area contributed by atoms with Crippen LogP contribution in [0.3, 0.4) is 0 Å². The van der Waals surface area contributed by atoms with E-state index in [4.69, 9.17) is 0 Å². The summed E-state index contributed by atoms with van der Waals surface area (Å²) >= 11 is 1.62. The molecule has 1 unspecified atom stereocenters. The molecule has 2 heterocycles.